The van der Waals surface area contributed by atoms with Crippen molar-refractivity contribution in [2.45, 2.75) is 68.3 Å². The van der Waals surface area contributed by atoms with Gasteiger partial charge in [0.15, 0.2) is 0 Å². The van der Waals surface area contributed by atoms with E-state index in [2.05, 4.69) is 40.8 Å². The van der Waals surface area contributed by atoms with Gasteiger partial charge in [-0.1, -0.05) is 12.8 Å². The Morgan fingerprint density at radius 2 is 2.00 bits per heavy atom. The highest BCUT2D eigenvalue weighted by Crippen LogP contribution is 2.37. The largest absolute Gasteiger partial charge is 0.310 e. The van der Waals surface area contributed by atoms with E-state index in [9.17, 15) is 0 Å². The third kappa shape index (κ3) is 2.75. The van der Waals surface area contributed by atoms with Gasteiger partial charge in [-0.2, -0.15) is 5.10 Å². The number of rotatable bonds is 5. The maximum atomic E-state index is 4.61. The highest BCUT2D eigenvalue weighted by Gasteiger charge is 2.24. The summed E-state index contributed by atoms with van der Waals surface area (Å²) >= 11 is 2.06. The van der Waals surface area contributed by atoms with Crippen molar-refractivity contribution in [3.8, 4) is 0 Å². The number of aryl methyl sites for hydroxylation is 2. The first kappa shape index (κ1) is 12.5. The van der Waals surface area contributed by atoms with E-state index in [-0.39, 0.29) is 0 Å². The van der Waals surface area contributed by atoms with Crippen molar-refractivity contribution in [3.63, 3.8) is 0 Å². The molecule has 2 aliphatic rings. The summed E-state index contributed by atoms with van der Waals surface area (Å²) in [6.07, 6.45) is 8.28. The Bertz CT molecular complexity index is 417. The summed E-state index contributed by atoms with van der Waals surface area (Å²) in [5.74, 6) is 0. The Hall–Kier alpha value is -0.480. The zero-order chi connectivity index (χ0) is 12.5. The first-order valence-corrected chi connectivity index (χ1v) is 8.04. The van der Waals surface area contributed by atoms with Crippen LogP contribution in [0.15, 0.2) is 5.03 Å². The molecule has 0 bridgehead atoms. The molecule has 100 valence electrons. The van der Waals surface area contributed by atoms with Crippen LogP contribution in [0.25, 0.3) is 0 Å². The second-order valence-corrected chi connectivity index (χ2v) is 6.96. The maximum absolute atomic E-state index is 4.61. The topological polar surface area (TPSA) is 29.9 Å². The summed E-state index contributed by atoms with van der Waals surface area (Å²) in [7, 11) is 2.09. The lowest BCUT2D eigenvalue weighted by molar-refractivity contribution is 0.657. The average molecular weight is 265 g/mol. The van der Waals surface area contributed by atoms with Crippen LogP contribution in [-0.4, -0.2) is 21.1 Å². The monoisotopic (exact) mass is 265 g/mol. The lowest BCUT2D eigenvalue weighted by Gasteiger charge is -2.11. The standard InChI is InChI=1S/C14H23N3S/c1-10-13(9-15-11-7-8-11)14(17(2)16-10)18-12-5-3-4-6-12/h11-12,15H,3-9H2,1-2H3. The van der Waals surface area contributed by atoms with E-state index in [1.165, 1.54) is 54.8 Å². The molecule has 1 N–H and O–H groups in total. The van der Waals surface area contributed by atoms with Crippen molar-refractivity contribution in [1.82, 2.24) is 15.1 Å². The smallest absolute Gasteiger partial charge is 0.0987 e. The molecule has 18 heavy (non-hydrogen) atoms. The van der Waals surface area contributed by atoms with Crippen LogP contribution in [0.5, 0.6) is 0 Å². The highest BCUT2D eigenvalue weighted by atomic mass is 32.2. The molecule has 0 aliphatic heterocycles. The van der Waals surface area contributed by atoms with Crippen molar-refractivity contribution in [3.05, 3.63) is 11.3 Å². The van der Waals surface area contributed by atoms with Crippen LogP contribution in [0.3, 0.4) is 0 Å². The van der Waals surface area contributed by atoms with Gasteiger partial charge in [0.25, 0.3) is 0 Å². The predicted molar refractivity (Wildman–Crippen MR) is 75.9 cm³/mol. The fourth-order valence-corrected chi connectivity index (χ4v) is 4.17. The van der Waals surface area contributed by atoms with E-state index in [0.29, 0.717) is 0 Å². The van der Waals surface area contributed by atoms with E-state index in [4.69, 9.17) is 0 Å². The van der Waals surface area contributed by atoms with Crippen molar-refractivity contribution in [1.29, 1.82) is 0 Å². The van der Waals surface area contributed by atoms with Crippen molar-refractivity contribution in [2.24, 2.45) is 7.05 Å². The quantitative estimate of drug-likeness (QED) is 0.887. The Morgan fingerprint density at radius 3 is 2.67 bits per heavy atom. The maximum Gasteiger partial charge on any atom is 0.0987 e. The van der Waals surface area contributed by atoms with Crippen LogP contribution in [0.2, 0.25) is 0 Å². The molecule has 2 aliphatic carbocycles. The van der Waals surface area contributed by atoms with Gasteiger partial charge in [0.2, 0.25) is 0 Å². The van der Waals surface area contributed by atoms with E-state index < -0.39 is 0 Å². The van der Waals surface area contributed by atoms with Crippen LogP contribution in [-0.2, 0) is 13.6 Å². The number of hydrogen-bond acceptors (Lipinski definition) is 3. The van der Waals surface area contributed by atoms with E-state index in [0.717, 1.165) is 17.8 Å². The Labute approximate surface area is 114 Å². The molecule has 1 aromatic rings. The van der Waals surface area contributed by atoms with Gasteiger partial charge < -0.3 is 5.32 Å². The molecule has 0 saturated heterocycles. The molecule has 0 atom stereocenters. The third-order valence-electron chi connectivity index (χ3n) is 4.01. The van der Waals surface area contributed by atoms with Gasteiger partial charge in [0, 0.05) is 30.4 Å². The van der Waals surface area contributed by atoms with E-state index >= 15 is 0 Å². The second kappa shape index (κ2) is 5.25. The molecule has 0 unspecified atom stereocenters. The minimum atomic E-state index is 0.772. The molecule has 1 aromatic heterocycles. The van der Waals surface area contributed by atoms with Crippen LogP contribution in [0.1, 0.15) is 49.8 Å². The Balaban J connectivity index is 1.72. The first-order valence-electron chi connectivity index (χ1n) is 7.16. The normalized spacial score (nSPS) is 20.8. The summed E-state index contributed by atoms with van der Waals surface area (Å²) < 4.78 is 2.09. The minimum absolute atomic E-state index is 0.772. The van der Waals surface area contributed by atoms with Crippen molar-refractivity contribution >= 4 is 11.8 Å². The summed E-state index contributed by atoms with van der Waals surface area (Å²) in [5.41, 5.74) is 2.63. The van der Waals surface area contributed by atoms with Crippen LogP contribution in [0, 0.1) is 6.92 Å². The number of thioether (sulfide) groups is 1. The number of hydrogen-bond donors (Lipinski definition) is 1. The lowest BCUT2D eigenvalue weighted by Crippen LogP contribution is -2.16. The zero-order valence-corrected chi connectivity index (χ0v) is 12.2. The van der Waals surface area contributed by atoms with Crippen LogP contribution in [0.4, 0.5) is 0 Å². The van der Waals surface area contributed by atoms with Gasteiger partial charge >= 0.3 is 0 Å². The van der Waals surface area contributed by atoms with Gasteiger partial charge in [0.05, 0.1) is 10.7 Å². The molecule has 2 saturated carbocycles. The molecule has 4 heteroatoms. The minimum Gasteiger partial charge on any atom is -0.310 e. The summed E-state index contributed by atoms with van der Waals surface area (Å²) in [5, 5.41) is 10.4. The van der Waals surface area contributed by atoms with E-state index in [1.54, 1.807) is 0 Å². The fraction of sp³-hybridized carbons (Fsp3) is 0.786. The Morgan fingerprint density at radius 1 is 1.28 bits per heavy atom. The van der Waals surface area contributed by atoms with Crippen molar-refractivity contribution in [2.75, 3.05) is 0 Å². The molecule has 3 nitrogen and oxygen atoms in total. The molecule has 3 rings (SSSR count). The van der Waals surface area contributed by atoms with E-state index in [1.807, 2.05) is 0 Å². The summed E-state index contributed by atoms with van der Waals surface area (Å²) in [4.78, 5) is 0. The summed E-state index contributed by atoms with van der Waals surface area (Å²) in [6, 6.07) is 0.772. The van der Waals surface area contributed by atoms with Gasteiger partial charge in [-0.3, -0.25) is 4.68 Å². The molecule has 1 heterocycles. The van der Waals surface area contributed by atoms with Gasteiger partial charge in [-0.25, -0.2) is 0 Å². The second-order valence-electron chi connectivity index (χ2n) is 5.67. The molecule has 0 aromatic carbocycles. The highest BCUT2D eigenvalue weighted by molar-refractivity contribution is 7.99. The molecule has 0 radical (unpaired) electrons. The lowest BCUT2D eigenvalue weighted by atomic mass is 10.2. The summed E-state index contributed by atoms with van der Waals surface area (Å²) in [6.45, 7) is 3.14. The molecular formula is C14H23N3S. The van der Waals surface area contributed by atoms with Gasteiger partial charge in [-0.05, 0) is 32.6 Å². The van der Waals surface area contributed by atoms with Crippen molar-refractivity contribution < 1.29 is 0 Å². The molecule has 2 fully saturated rings. The number of nitrogens with one attached hydrogen (secondary N) is 1. The predicted octanol–water partition coefficient (Wildman–Crippen LogP) is 3.02. The van der Waals surface area contributed by atoms with Gasteiger partial charge in [-0.15, -0.1) is 11.8 Å². The van der Waals surface area contributed by atoms with Crippen LogP contribution >= 0.6 is 11.8 Å². The van der Waals surface area contributed by atoms with Gasteiger partial charge in [0.1, 0.15) is 0 Å². The fourth-order valence-electron chi connectivity index (χ4n) is 2.73. The number of aromatic nitrogens is 2. The third-order valence-corrected chi connectivity index (χ3v) is 5.55. The number of nitrogens with zero attached hydrogens (tertiary/aromatic N) is 2. The average Bonchev–Trinajstić information content (AvgIpc) is 2.95. The molecule has 0 amide bonds. The molecular weight excluding hydrogens is 242 g/mol. The SMILES string of the molecule is Cc1nn(C)c(SC2CCCC2)c1CNC1CC1. The Kier molecular flexibility index (Phi) is 3.66. The zero-order valence-electron chi connectivity index (χ0n) is 11.4. The first-order chi connectivity index (χ1) is 8.74. The molecule has 0 spiro atoms. The van der Waals surface area contributed by atoms with Crippen LogP contribution < -0.4 is 5.32 Å².